The molecule has 16 heteroatoms. The van der Waals surface area contributed by atoms with Gasteiger partial charge in [0, 0.05) is 26.1 Å². The number of esters is 2. The summed E-state index contributed by atoms with van der Waals surface area (Å²) in [5.41, 5.74) is -2.73. The van der Waals surface area contributed by atoms with Gasteiger partial charge in [-0.2, -0.15) is 0 Å². The van der Waals surface area contributed by atoms with Crippen LogP contribution in [0.4, 0.5) is 0 Å². The number of phosphoric acid groups is 1. The first kappa shape index (κ1) is 23.2. The lowest BCUT2D eigenvalue weighted by Crippen LogP contribution is -2.44. The maximum atomic E-state index is 12.9. The van der Waals surface area contributed by atoms with Crippen molar-refractivity contribution in [2.24, 2.45) is 0 Å². The molecule has 2 rings (SSSR count). The second kappa shape index (κ2) is 10.8. The molecule has 2 heterocycles. The summed E-state index contributed by atoms with van der Waals surface area (Å²) >= 11 is 5.02. The van der Waals surface area contributed by atoms with Gasteiger partial charge in [0.25, 0.3) is 5.56 Å². The van der Waals surface area contributed by atoms with Crippen LogP contribution in [-0.2, 0) is 41.9 Å². The van der Waals surface area contributed by atoms with Gasteiger partial charge in [-0.25, -0.2) is 13.6 Å². The molecule has 3 N–H and O–H groups in total. The Labute approximate surface area is 189 Å². The summed E-state index contributed by atoms with van der Waals surface area (Å²) in [6.07, 6.45) is -4.36. The molecule has 0 aliphatic carbocycles. The Kier molecular flexibility index (Phi) is 7.80. The van der Waals surface area contributed by atoms with Crippen molar-refractivity contribution in [3.05, 3.63) is 27.4 Å². The van der Waals surface area contributed by atoms with E-state index < -0.39 is 69.5 Å². The molecule has 1 unspecified atom stereocenters. The smallest absolute Gasteiger partial charge is 0.438 e. The van der Waals surface area contributed by atoms with Crippen molar-refractivity contribution >= 4 is 32.0 Å². The van der Waals surface area contributed by atoms with Crippen LogP contribution in [0.1, 0.15) is 29.7 Å². The molecule has 4 atom stereocenters. The minimum Gasteiger partial charge on any atom is -0.438 e. The second-order valence-corrected chi connectivity index (χ2v) is 8.50. The molecular weight excluding hydrogens is 475 g/mol. The lowest BCUT2D eigenvalue weighted by molar-refractivity contribution is -0.151. The molecule has 0 radical (unpaired) electrons. The highest BCUT2D eigenvalue weighted by molar-refractivity contribution is 7.71. The lowest BCUT2D eigenvalue weighted by Gasteiger charge is -2.28. The van der Waals surface area contributed by atoms with Crippen molar-refractivity contribution < 1.29 is 54.9 Å². The number of H-pyrrole nitrogens is 1. The molecule has 1 fully saturated rings. The molecule has 180 valence electrons. The summed E-state index contributed by atoms with van der Waals surface area (Å²) in [6, 6.07) is 1.06. The average Bonchev–Trinajstić information content (AvgIpc) is 2.91. The van der Waals surface area contributed by atoms with Gasteiger partial charge >= 0.3 is 19.8 Å². The summed E-state index contributed by atoms with van der Waals surface area (Å²) in [5.74, 6) is -1.67. The molecular formula is C16H23N2O12PS. The monoisotopic (exact) mass is 500 g/mol. The number of aromatic amines is 1. The SMILES string of the molecule is [2H]C([2H])(OP(=O)(OCOC(C)=O)OCOC(C)=O)[C@H]1O[C@@H](n2ccc(=O)[nH]c2=S)C(C)(O)[C@H]1O. The third kappa shape index (κ3) is 6.76. The number of rotatable bonds is 10. The van der Waals surface area contributed by atoms with Crippen LogP contribution < -0.4 is 5.56 Å². The molecule has 32 heavy (non-hydrogen) atoms. The number of carbonyl (C=O) groups is 2. The number of aliphatic hydroxyl groups excluding tert-OH is 1. The van der Waals surface area contributed by atoms with E-state index in [2.05, 4.69) is 14.5 Å². The van der Waals surface area contributed by atoms with Gasteiger partial charge in [0.05, 0.1) is 9.30 Å². The maximum absolute atomic E-state index is 12.9. The van der Waals surface area contributed by atoms with Gasteiger partial charge in [-0.3, -0.25) is 28.5 Å². The van der Waals surface area contributed by atoms with Crippen LogP contribution >= 0.6 is 20.0 Å². The van der Waals surface area contributed by atoms with Crippen LogP contribution in [0.25, 0.3) is 0 Å². The van der Waals surface area contributed by atoms with E-state index in [1.807, 2.05) is 0 Å². The van der Waals surface area contributed by atoms with Crippen molar-refractivity contribution in [3.63, 3.8) is 0 Å². The highest BCUT2D eigenvalue weighted by Gasteiger charge is 2.53. The molecule has 1 aliphatic heterocycles. The predicted octanol–water partition coefficient (Wildman–Crippen LogP) is 0.114. The molecule has 1 saturated heterocycles. The van der Waals surface area contributed by atoms with E-state index in [1.54, 1.807) is 0 Å². The van der Waals surface area contributed by atoms with E-state index in [0.717, 1.165) is 37.6 Å². The Morgan fingerprint density at radius 2 is 1.88 bits per heavy atom. The first-order valence-corrected chi connectivity index (χ1v) is 10.7. The molecule has 0 aromatic carbocycles. The van der Waals surface area contributed by atoms with Crippen molar-refractivity contribution in [2.75, 3.05) is 20.1 Å². The summed E-state index contributed by atoms with van der Waals surface area (Å²) in [7, 11) is -4.96. The first-order valence-electron chi connectivity index (χ1n) is 9.83. The topological polar surface area (TPSA) is 185 Å². The number of aromatic nitrogens is 2. The standard InChI is InChI=1S/C16H23N2O12PS/c1-9(19)25-7-28-31(24,29-8-26-10(2)20)27-6-11-13(22)16(3,23)14(30-11)18-5-4-12(21)17-15(18)32/h4-5,11,13-14,22-23H,6-8H2,1-3H3,(H,17,21,32)/t11-,13+,14-,16?/m1/s1/i6D2. The fourth-order valence-corrected chi connectivity index (χ4v) is 3.44. The molecule has 1 aliphatic rings. The minimum absolute atomic E-state index is 0.202. The molecule has 0 saturated carbocycles. The van der Waals surface area contributed by atoms with E-state index in [9.17, 15) is 29.2 Å². The third-order valence-corrected chi connectivity index (χ3v) is 5.48. The van der Waals surface area contributed by atoms with Crippen molar-refractivity contribution in [2.45, 2.75) is 44.8 Å². The molecule has 0 amide bonds. The number of carbonyl (C=O) groups excluding carboxylic acids is 2. The number of nitrogens with zero attached hydrogens (tertiary/aromatic N) is 1. The molecule has 1 aromatic rings. The van der Waals surface area contributed by atoms with E-state index in [4.69, 9.17) is 33.3 Å². The Bertz CT molecular complexity index is 1050. The van der Waals surface area contributed by atoms with E-state index in [-0.39, 0.29) is 4.77 Å². The average molecular weight is 500 g/mol. The largest absolute Gasteiger partial charge is 0.480 e. The zero-order chi connectivity index (χ0) is 25.9. The van der Waals surface area contributed by atoms with Crippen LogP contribution in [0, 0.1) is 4.77 Å². The third-order valence-electron chi connectivity index (χ3n) is 3.99. The van der Waals surface area contributed by atoms with Gasteiger partial charge in [-0.1, -0.05) is 0 Å². The quantitative estimate of drug-likeness (QED) is 0.170. The Morgan fingerprint density at radius 3 is 2.38 bits per heavy atom. The van der Waals surface area contributed by atoms with E-state index in [1.165, 1.54) is 0 Å². The van der Waals surface area contributed by atoms with Gasteiger partial charge in [-0.15, -0.1) is 0 Å². The molecule has 1 aromatic heterocycles. The normalized spacial score (nSPS) is 26.8. The number of phosphoric ester groups is 1. The van der Waals surface area contributed by atoms with Crippen LogP contribution in [-0.4, -0.2) is 69.7 Å². The van der Waals surface area contributed by atoms with Crippen molar-refractivity contribution in [1.82, 2.24) is 9.55 Å². The lowest BCUT2D eigenvalue weighted by atomic mass is 9.96. The van der Waals surface area contributed by atoms with Crippen LogP contribution in [0.5, 0.6) is 0 Å². The zero-order valence-corrected chi connectivity index (χ0v) is 18.8. The van der Waals surface area contributed by atoms with Crippen LogP contribution in [0.3, 0.4) is 0 Å². The molecule has 0 bridgehead atoms. The summed E-state index contributed by atoms with van der Waals surface area (Å²) in [4.78, 5) is 35.6. The van der Waals surface area contributed by atoms with Crippen LogP contribution in [0.15, 0.2) is 17.1 Å². The molecule has 14 nitrogen and oxygen atoms in total. The maximum Gasteiger partial charge on any atom is 0.480 e. The van der Waals surface area contributed by atoms with Gasteiger partial charge in [0.1, 0.15) is 17.8 Å². The first-order chi connectivity index (χ1) is 15.6. The van der Waals surface area contributed by atoms with Gasteiger partial charge < -0.3 is 24.4 Å². The van der Waals surface area contributed by atoms with Gasteiger partial charge in [-0.05, 0) is 19.1 Å². The number of nitrogens with one attached hydrogen (secondary N) is 1. The zero-order valence-electron chi connectivity index (χ0n) is 19.1. The highest BCUT2D eigenvalue weighted by Crippen LogP contribution is 2.50. The van der Waals surface area contributed by atoms with E-state index in [0.29, 0.717) is 0 Å². The van der Waals surface area contributed by atoms with Gasteiger partial charge in [0.15, 0.2) is 11.0 Å². The Hall–Kier alpha value is -1.97. The highest BCUT2D eigenvalue weighted by atomic mass is 32.1. The van der Waals surface area contributed by atoms with Crippen molar-refractivity contribution in [1.29, 1.82) is 0 Å². The van der Waals surface area contributed by atoms with Gasteiger partial charge in [0.2, 0.25) is 13.6 Å². The summed E-state index contributed by atoms with van der Waals surface area (Å²) < 4.78 is 58.8. The second-order valence-electron chi connectivity index (χ2n) is 6.52. The number of ether oxygens (including phenoxy) is 3. The number of hydrogen-bond donors (Lipinski definition) is 3. The summed E-state index contributed by atoms with van der Waals surface area (Å²) in [6.45, 7) is -2.00. The Morgan fingerprint density at radius 1 is 1.31 bits per heavy atom. The number of aliphatic hydroxyl groups is 2. The minimum atomic E-state index is -4.96. The van der Waals surface area contributed by atoms with E-state index >= 15 is 0 Å². The number of hydrogen-bond acceptors (Lipinski definition) is 13. The fraction of sp³-hybridized carbons (Fsp3) is 0.625. The fourth-order valence-electron chi connectivity index (χ4n) is 2.41. The molecule has 0 spiro atoms. The van der Waals surface area contributed by atoms with Crippen LogP contribution in [0.2, 0.25) is 0 Å². The van der Waals surface area contributed by atoms with Crippen molar-refractivity contribution in [3.8, 4) is 0 Å². The summed E-state index contributed by atoms with van der Waals surface area (Å²) in [5, 5.41) is 21.4. The Balaban J connectivity index is 2.30. The predicted molar refractivity (Wildman–Crippen MR) is 105 cm³/mol.